The lowest BCUT2D eigenvalue weighted by molar-refractivity contribution is -0.119. The maximum absolute atomic E-state index is 10.1. The fourth-order valence-electron chi connectivity index (χ4n) is 1.24. The molecule has 1 heterocycles. The SMILES string of the molecule is C=CC(C)C(N)=O.Nc1cccc2cccnc12. The predicted molar refractivity (Wildman–Crippen MR) is 74.7 cm³/mol. The van der Waals surface area contributed by atoms with Crippen LogP contribution in [-0.4, -0.2) is 10.9 Å². The summed E-state index contributed by atoms with van der Waals surface area (Å²) >= 11 is 0. The van der Waals surface area contributed by atoms with Crippen molar-refractivity contribution in [3.63, 3.8) is 0 Å². The van der Waals surface area contributed by atoms with E-state index in [0.717, 1.165) is 16.6 Å². The zero-order valence-electron chi connectivity index (χ0n) is 10.3. The molecular formula is C14H17N3O. The highest BCUT2D eigenvalue weighted by Crippen LogP contribution is 2.16. The van der Waals surface area contributed by atoms with Gasteiger partial charge in [-0.15, -0.1) is 6.58 Å². The van der Waals surface area contributed by atoms with Crippen LogP contribution < -0.4 is 11.5 Å². The first-order valence-electron chi connectivity index (χ1n) is 5.57. The molecule has 18 heavy (non-hydrogen) atoms. The summed E-state index contributed by atoms with van der Waals surface area (Å²) in [6.45, 7) is 5.08. The van der Waals surface area contributed by atoms with Crippen LogP contribution in [0, 0.1) is 5.92 Å². The number of carbonyl (C=O) groups excluding carboxylic acids is 1. The van der Waals surface area contributed by atoms with Crippen molar-refractivity contribution in [2.24, 2.45) is 11.7 Å². The van der Waals surface area contributed by atoms with Crippen molar-refractivity contribution in [2.75, 3.05) is 5.73 Å². The summed E-state index contributed by atoms with van der Waals surface area (Å²) in [6.07, 6.45) is 3.26. The number of nitrogens with two attached hydrogens (primary N) is 2. The molecule has 0 saturated carbocycles. The van der Waals surface area contributed by atoms with Crippen LogP contribution in [0.25, 0.3) is 10.9 Å². The fourth-order valence-corrected chi connectivity index (χ4v) is 1.24. The second kappa shape index (κ2) is 6.39. The van der Waals surface area contributed by atoms with E-state index in [-0.39, 0.29) is 11.8 Å². The Morgan fingerprint density at radius 1 is 1.39 bits per heavy atom. The van der Waals surface area contributed by atoms with Gasteiger partial charge < -0.3 is 11.5 Å². The number of hydrogen-bond acceptors (Lipinski definition) is 3. The van der Waals surface area contributed by atoms with Gasteiger partial charge in [0.1, 0.15) is 0 Å². The monoisotopic (exact) mass is 243 g/mol. The number of carbonyl (C=O) groups is 1. The number of fused-ring (bicyclic) bond motifs is 1. The molecule has 0 aliphatic carbocycles. The number of primary amides is 1. The lowest BCUT2D eigenvalue weighted by atomic mass is 10.2. The number of nitrogens with zero attached hydrogens (tertiary/aromatic N) is 1. The number of aromatic nitrogens is 1. The minimum atomic E-state index is -0.324. The van der Waals surface area contributed by atoms with Gasteiger partial charge in [0.15, 0.2) is 0 Å². The van der Waals surface area contributed by atoms with Crippen LogP contribution >= 0.6 is 0 Å². The largest absolute Gasteiger partial charge is 0.397 e. The number of nitrogen functional groups attached to an aromatic ring is 1. The minimum Gasteiger partial charge on any atom is -0.397 e. The maximum atomic E-state index is 10.1. The molecule has 2 rings (SSSR count). The third kappa shape index (κ3) is 3.59. The Balaban J connectivity index is 0.000000203. The van der Waals surface area contributed by atoms with Gasteiger partial charge in [0.2, 0.25) is 5.91 Å². The van der Waals surface area contributed by atoms with Crippen LogP contribution in [0.2, 0.25) is 0 Å². The molecule has 4 N–H and O–H groups in total. The van der Waals surface area contributed by atoms with Gasteiger partial charge in [-0.05, 0) is 12.1 Å². The number of rotatable bonds is 2. The molecule has 1 atom stereocenters. The number of anilines is 1. The smallest absolute Gasteiger partial charge is 0.224 e. The molecule has 1 aromatic carbocycles. The molecule has 4 nitrogen and oxygen atoms in total. The van der Waals surface area contributed by atoms with E-state index in [9.17, 15) is 4.79 Å². The van der Waals surface area contributed by atoms with Crippen molar-refractivity contribution in [1.29, 1.82) is 0 Å². The van der Waals surface area contributed by atoms with E-state index in [1.807, 2.05) is 30.3 Å². The van der Waals surface area contributed by atoms with Gasteiger partial charge in [-0.3, -0.25) is 9.78 Å². The number of benzene rings is 1. The average molecular weight is 243 g/mol. The van der Waals surface area contributed by atoms with E-state index < -0.39 is 0 Å². The number of amides is 1. The maximum Gasteiger partial charge on any atom is 0.224 e. The van der Waals surface area contributed by atoms with Crippen molar-refractivity contribution in [3.8, 4) is 0 Å². The first kappa shape index (κ1) is 13.7. The zero-order chi connectivity index (χ0) is 13.5. The third-order valence-corrected chi connectivity index (χ3v) is 2.47. The zero-order valence-corrected chi connectivity index (χ0v) is 10.3. The Hall–Kier alpha value is -2.36. The molecule has 0 spiro atoms. The Morgan fingerprint density at radius 3 is 2.56 bits per heavy atom. The molecule has 0 radical (unpaired) electrons. The molecule has 0 aliphatic heterocycles. The Labute approximate surface area is 106 Å². The summed E-state index contributed by atoms with van der Waals surface area (Å²) < 4.78 is 0. The van der Waals surface area contributed by atoms with E-state index in [1.54, 1.807) is 13.1 Å². The minimum absolute atomic E-state index is 0.194. The van der Waals surface area contributed by atoms with Gasteiger partial charge in [-0.1, -0.05) is 31.2 Å². The normalized spacial score (nSPS) is 11.2. The van der Waals surface area contributed by atoms with Crippen molar-refractivity contribution in [3.05, 3.63) is 49.2 Å². The summed E-state index contributed by atoms with van der Waals surface area (Å²) in [5.41, 5.74) is 12.2. The first-order valence-corrected chi connectivity index (χ1v) is 5.57. The highest BCUT2D eigenvalue weighted by molar-refractivity contribution is 5.88. The number of hydrogen-bond donors (Lipinski definition) is 2. The molecule has 1 amide bonds. The highest BCUT2D eigenvalue weighted by Gasteiger charge is 1.99. The van der Waals surface area contributed by atoms with E-state index in [1.165, 1.54) is 6.08 Å². The summed E-state index contributed by atoms with van der Waals surface area (Å²) in [5.74, 6) is -0.519. The van der Waals surface area contributed by atoms with Crippen LogP contribution in [0.1, 0.15) is 6.92 Å². The van der Waals surface area contributed by atoms with Crippen LogP contribution in [-0.2, 0) is 4.79 Å². The molecular weight excluding hydrogens is 226 g/mol. The van der Waals surface area contributed by atoms with Crippen LogP contribution in [0.4, 0.5) is 5.69 Å². The average Bonchev–Trinajstić information content (AvgIpc) is 2.39. The molecule has 0 bridgehead atoms. The molecule has 2 aromatic rings. The second-order valence-electron chi connectivity index (χ2n) is 3.85. The van der Waals surface area contributed by atoms with E-state index >= 15 is 0 Å². The lowest BCUT2D eigenvalue weighted by Gasteiger charge is -1.97. The van der Waals surface area contributed by atoms with E-state index in [0.29, 0.717) is 0 Å². The lowest BCUT2D eigenvalue weighted by Crippen LogP contribution is -2.17. The fraction of sp³-hybridized carbons (Fsp3) is 0.143. The molecule has 0 saturated heterocycles. The summed E-state index contributed by atoms with van der Waals surface area (Å²) in [6, 6.07) is 9.69. The molecule has 1 aromatic heterocycles. The van der Waals surface area contributed by atoms with Gasteiger partial charge in [0.05, 0.1) is 17.1 Å². The molecule has 94 valence electrons. The summed E-state index contributed by atoms with van der Waals surface area (Å²) in [7, 11) is 0. The molecule has 0 fully saturated rings. The standard InChI is InChI=1S/C9H8N2.C5H9NO/c10-8-5-1-3-7-4-2-6-11-9(7)8;1-3-4(2)5(6)7/h1-6H,10H2;3-4H,1H2,2H3,(H2,6,7). The van der Waals surface area contributed by atoms with Gasteiger partial charge in [0, 0.05) is 11.6 Å². The summed E-state index contributed by atoms with van der Waals surface area (Å²) in [5, 5.41) is 1.09. The van der Waals surface area contributed by atoms with Gasteiger partial charge >= 0.3 is 0 Å². The molecule has 0 aliphatic rings. The van der Waals surface area contributed by atoms with Crippen LogP contribution in [0.5, 0.6) is 0 Å². The van der Waals surface area contributed by atoms with Crippen LogP contribution in [0.15, 0.2) is 49.2 Å². The number of para-hydroxylation sites is 1. The van der Waals surface area contributed by atoms with Gasteiger partial charge in [0.25, 0.3) is 0 Å². The predicted octanol–water partition coefficient (Wildman–Crippen LogP) is 2.11. The Bertz CT molecular complexity index is 546. The van der Waals surface area contributed by atoms with Crippen molar-refractivity contribution in [2.45, 2.75) is 6.92 Å². The molecule has 1 unspecified atom stereocenters. The molecule has 4 heteroatoms. The van der Waals surface area contributed by atoms with Gasteiger partial charge in [-0.25, -0.2) is 0 Å². The topological polar surface area (TPSA) is 82.0 Å². The van der Waals surface area contributed by atoms with Gasteiger partial charge in [-0.2, -0.15) is 0 Å². The third-order valence-electron chi connectivity index (χ3n) is 2.47. The Kier molecular flexibility index (Phi) is 4.87. The van der Waals surface area contributed by atoms with Crippen molar-refractivity contribution in [1.82, 2.24) is 4.98 Å². The first-order chi connectivity index (χ1) is 8.56. The van der Waals surface area contributed by atoms with Crippen LogP contribution in [0.3, 0.4) is 0 Å². The highest BCUT2D eigenvalue weighted by atomic mass is 16.1. The van der Waals surface area contributed by atoms with E-state index in [4.69, 9.17) is 11.5 Å². The number of pyridine rings is 1. The summed E-state index contributed by atoms with van der Waals surface area (Å²) in [4.78, 5) is 14.2. The quantitative estimate of drug-likeness (QED) is 0.626. The second-order valence-corrected chi connectivity index (χ2v) is 3.85. The van der Waals surface area contributed by atoms with E-state index in [2.05, 4.69) is 11.6 Å². The van der Waals surface area contributed by atoms with Crippen molar-refractivity contribution >= 4 is 22.5 Å². The Morgan fingerprint density at radius 2 is 2.06 bits per heavy atom. The van der Waals surface area contributed by atoms with Crippen molar-refractivity contribution < 1.29 is 4.79 Å².